The SMILES string of the molecule is Cc1nc(-c2cc(N3CCOCC3)cnc2Nc2cccc3[nH]ncc23)c2[nH]cnc2n1. The maximum atomic E-state index is 5.52. The Bertz CT molecular complexity index is 1420. The highest BCUT2D eigenvalue weighted by Crippen LogP contribution is 2.35. The van der Waals surface area contributed by atoms with E-state index >= 15 is 0 Å². The lowest BCUT2D eigenvalue weighted by atomic mass is 10.1. The summed E-state index contributed by atoms with van der Waals surface area (Å²) in [5, 5.41) is 11.7. The highest BCUT2D eigenvalue weighted by molar-refractivity contribution is 5.96. The van der Waals surface area contributed by atoms with Gasteiger partial charge in [0.2, 0.25) is 0 Å². The van der Waals surface area contributed by atoms with Crippen LogP contribution in [-0.2, 0) is 4.74 Å². The lowest BCUT2D eigenvalue weighted by Crippen LogP contribution is -2.36. The van der Waals surface area contributed by atoms with Gasteiger partial charge >= 0.3 is 0 Å². The van der Waals surface area contributed by atoms with Gasteiger partial charge in [0.05, 0.1) is 48.8 Å². The van der Waals surface area contributed by atoms with E-state index < -0.39 is 0 Å². The Morgan fingerprint density at radius 2 is 2.00 bits per heavy atom. The fourth-order valence-electron chi connectivity index (χ4n) is 4.07. The number of rotatable bonds is 4. The van der Waals surface area contributed by atoms with E-state index in [1.165, 1.54) is 0 Å². The number of hydrogen-bond acceptors (Lipinski definition) is 8. The number of fused-ring (bicyclic) bond motifs is 2. The number of morpholine rings is 1. The summed E-state index contributed by atoms with van der Waals surface area (Å²) in [4.78, 5) is 23.8. The van der Waals surface area contributed by atoms with E-state index in [0.29, 0.717) is 30.5 Å². The Hall–Kier alpha value is -4.05. The Kier molecular flexibility index (Phi) is 4.43. The number of aromatic nitrogens is 7. The Morgan fingerprint density at radius 1 is 1.09 bits per heavy atom. The van der Waals surface area contributed by atoms with Crippen LogP contribution in [0.15, 0.2) is 43.0 Å². The second kappa shape index (κ2) is 7.57. The summed E-state index contributed by atoms with van der Waals surface area (Å²) in [6.45, 7) is 4.93. The van der Waals surface area contributed by atoms with Crippen LogP contribution in [-0.4, -0.2) is 61.4 Å². The highest BCUT2D eigenvalue weighted by atomic mass is 16.5. The summed E-state index contributed by atoms with van der Waals surface area (Å²) in [5.74, 6) is 1.35. The molecular weight excluding hydrogens is 406 g/mol. The second-order valence-electron chi connectivity index (χ2n) is 7.67. The van der Waals surface area contributed by atoms with E-state index in [2.05, 4.69) is 41.4 Å². The van der Waals surface area contributed by atoms with Gasteiger partial charge < -0.3 is 19.9 Å². The van der Waals surface area contributed by atoms with Crippen LogP contribution in [0.2, 0.25) is 0 Å². The van der Waals surface area contributed by atoms with Crippen molar-refractivity contribution in [2.45, 2.75) is 6.92 Å². The van der Waals surface area contributed by atoms with E-state index in [-0.39, 0.29) is 0 Å². The standard InChI is InChI=1S/C22H21N9O/c1-13-27-19(20-22(28-13)25-12-24-20)15-9-14(31-5-7-32-8-6-31)10-23-21(15)29-17-3-2-4-18-16(17)11-26-30-18/h2-4,9-12H,5-8H2,1H3,(H,23,29)(H,26,30)(H,24,25,27,28). The number of anilines is 3. The number of hydrogen-bond donors (Lipinski definition) is 3. The first kappa shape index (κ1) is 18.7. The predicted octanol–water partition coefficient (Wildman–Crippen LogP) is 3.18. The van der Waals surface area contributed by atoms with Gasteiger partial charge in [-0.25, -0.2) is 19.9 Å². The minimum Gasteiger partial charge on any atom is -0.378 e. The predicted molar refractivity (Wildman–Crippen MR) is 122 cm³/mol. The number of pyridine rings is 1. The van der Waals surface area contributed by atoms with Crippen LogP contribution in [0, 0.1) is 6.92 Å². The number of aromatic amines is 2. The number of aryl methyl sites for hydroxylation is 1. The zero-order chi connectivity index (χ0) is 21.5. The maximum Gasteiger partial charge on any atom is 0.181 e. The van der Waals surface area contributed by atoms with E-state index in [0.717, 1.165) is 52.1 Å². The van der Waals surface area contributed by atoms with Gasteiger partial charge in [0, 0.05) is 24.0 Å². The van der Waals surface area contributed by atoms with Gasteiger partial charge in [0.25, 0.3) is 0 Å². The van der Waals surface area contributed by atoms with Crippen molar-refractivity contribution in [2.24, 2.45) is 0 Å². The third-order valence-corrected chi connectivity index (χ3v) is 5.64. The molecule has 1 fully saturated rings. The summed E-state index contributed by atoms with van der Waals surface area (Å²) < 4.78 is 5.52. The molecule has 0 unspecified atom stereocenters. The number of benzene rings is 1. The maximum absolute atomic E-state index is 5.52. The Morgan fingerprint density at radius 3 is 2.91 bits per heavy atom. The minimum absolute atomic E-state index is 0.632. The van der Waals surface area contributed by atoms with Crippen LogP contribution in [0.5, 0.6) is 0 Å². The van der Waals surface area contributed by atoms with E-state index in [1.807, 2.05) is 31.3 Å². The van der Waals surface area contributed by atoms with Crippen molar-refractivity contribution in [3.8, 4) is 11.3 Å². The summed E-state index contributed by atoms with van der Waals surface area (Å²) >= 11 is 0. The monoisotopic (exact) mass is 427 g/mol. The number of imidazole rings is 1. The number of nitrogens with zero attached hydrogens (tertiary/aromatic N) is 6. The zero-order valence-electron chi connectivity index (χ0n) is 17.5. The number of H-pyrrole nitrogens is 2. The van der Waals surface area contributed by atoms with Gasteiger partial charge in [-0.1, -0.05) is 6.07 Å². The second-order valence-corrected chi connectivity index (χ2v) is 7.67. The van der Waals surface area contributed by atoms with Gasteiger partial charge in [-0.15, -0.1) is 0 Å². The van der Waals surface area contributed by atoms with Crippen molar-refractivity contribution >= 4 is 39.3 Å². The van der Waals surface area contributed by atoms with Crippen molar-refractivity contribution in [3.63, 3.8) is 0 Å². The molecule has 10 nitrogen and oxygen atoms in total. The van der Waals surface area contributed by atoms with Crippen molar-refractivity contribution in [1.29, 1.82) is 0 Å². The molecule has 6 rings (SSSR count). The molecule has 0 aliphatic carbocycles. The summed E-state index contributed by atoms with van der Waals surface area (Å²) in [6, 6.07) is 8.10. The van der Waals surface area contributed by atoms with Crippen molar-refractivity contribution < 1.29 is 4.74 Å². The first-order valence-corrected chi connectivity index (χ1v) is 10.5. The molecule has 32 heavy (non-hydrogen) atoms. The summed E-state index contributed by atoms with van der Waals surface area (Å²) in [5.41, 5.74) is 5.93. The molecule has 4 aromatic heterocycles. The Balaban J connectivity index is 1.52. The van der Waals surface area contributed by atoms with E-state index in [1.54, 1.807) is 12.5 Å². The zero-order valence-corrected chi connectivity index (χ0v) is 17.5. The fourth-order valence-corrected chi connectivity index (χ4v) is 4.07. The first-order chi connectivity index (χ1) is 15.8. The number of ether oxygens (including phenoxy) is 1. The highest BCUT2D eigenvalue weighted by Gasteiger charge is 2.19. The summed E-state index contributed by atoms with van der Waals surface area (Å²) in [6.07, 6.45) is 5.34. The Labute approximate surface area is 183 Å². The molecule has 1 saturated heterocycles. The van der Waals surface area contributed by atoms with Crippen molar-refractivity contribution in [2.75, 3.05) is 36.5 Å². The molecule has 1 aliphatic rings. The molecule has 1 aromatic carbocycles. The van der Waals surface area contributed by atoms with Crippen molar-refractivity contribution in [1.82, 2.24) is 35.1 Å². The lowest BCUT2D eigenvalue weighted by molar-refractivity contribution is 0.122. The van der Waals surface area contributed by atoms with Gasteiger partial charge in [-0.2, -0.15) is 5.10 Å². The van der Waals surface area contributed by atoms with Crippen LogP contribution in [0.3, 0.4) is 0 Å². The molecule has 0 saturated carbocycles. The average Bonchev–Trinajstić information content (AvgIpc) is 3.49. The molecule has 160 valence electrons. The van der Waals surface area contributed by atoms with Gasteiger partial charge in [0.15, 0.2) is 5.65 Å². The molecule has 1 aliphatic heterocycles. The molecular formula is C22H21N9O. The van der Waals surface area contributed by atoms with Crippen LogP contribution < -0.4 is 10.2 Å². The molecule has 0 radical (unpaired) electrons. The molecule has 0 atom stereocenters. The first-order valence-electron chi connectivity index (χ1n) is 10.5. The third-order valence-electron chi connectivity index (χ3n) is 5.64. The van der Waals surface area contributed by atoms with E-state index in [9.17, 15) is 0 Å². The molecule has 5 heterocycles. The molecule has 0 amide bonds. The molecule has 0 spiro atoms. The average molecular weight is 427 g/mol. The van der Waals surface area contributed by atoms with Gasteiger partial charge in [-0.3, -0.25) is 5.10 Å². The minimum atomic E-state index is 0.632. The normalized spacial score (nSPS) is 14.3. The van der Waals surface area contributed by atoms with Crippen LogP contribution >= 0.6 is 0 Å². The summed E-state index contributed by atoms with van der Waals surface area (Å²) in [7, 11) is 0. The molecule has 5 aromatic rings. The fraction of sp³-hybridized carbons (Fsp3) is 0.227. The number of nitrogens with one attached hydrogen (secondary N) is 3. The quantitative estimate of drug-likeness (QED) is 0.400. The van der Waals surface area contributed by atoms with Gasteiger partial charge in [0.1, 0.15) is 22.9 Å². The van der Waals surface area contributed by atoms with Crippen LogP contribution in [0.1, 0.15) is 5.82 Å². The van der Waals surface area contributed by atoms with E-state index in [4.69, 9.17) is 14.7 Å². The molecule has 0 bridgehead atoms. The molecule has 10 heteroatoms. The van der Waals surface area contributed by atoms with Crippen LogP contribution in [0.25, 0.3) is 33.3 Å². The topological polar surface area (TPSA) is 121 Å². The van der Waals surface area contributed by atoms with Gasteiger partial charge in [-0.05, 0) is 25.1 Å². The smallest absolute Gasteiger partial charge is 0.181 e. The largest absolute Gasteiger partial charge is 0.378 e. The lowest BCUT2D eigenvalue weighted by Gasteiger charge is -2.29. The third kappa shape index (κ3) is 3.21. The molecule has 3 N–H and O–H groups in total. The van der Waals surface area contributed by atoms with Crippen LogP contribution in [0.4, 0.5) is 17.2 Å². The van der Waals surface area contributed by atoms with Crippen molar-refractivity contribution in [3.05, 3.63) is 48.8 Å².